The topological polar surface area (TPSA) is 29.5 Å². The second-order valence-corrected chi connectivity index (χ2v) is 14.8. The van der Waals surface area contributed by atoms with Crippen LogP contribution in [0.15, 0.2) is 18.2 Å². The van der Waals surface area contributed by atoms with E-state index in [4.69, 9.17) is 4.74 Å². The number of hydrogen-bond acceptors (Lipinski definition) is 2. The Morgan fingerprint density at radius 3 is 2.75 bits per heavy atom. The molecule has 9 unspecified atom stereocenters. The Morgan fingerprint density at radius 2 is 1.95 bits per heavy atom. The molecule has 9 atom stereocenters. The molecule has 0 N–H and O–H groups in total. The molecule has 4 aliphatic carbocycles. The second-order valence-electron chi connectivity index (χ2n) is 14.8. The third kappa shape index (κ3) is 4.58. The number of benzene rings is 1. The summed E-state index contributed by atoms with van der Waals surface area (Å²) in [6.07, 6.45) is 19.0. The molecular weight excluding hydrogens is 497 g/mol. The zero-order valence-electron chi connectivity index (χ0n) is 25.7. The van der Waals surface area contributed by atoms with Gasteiger partial charge >= 0.3 is 0 Å². The van der Waals surface area contributed by atoms with Crippen molar-refractivity contribution < 1.29 is 13.9 Å². The van der Waals surface area contributed by atoms with Gasteiger partial charge in [0.15, 0.2) is 0 Å². The van der Waals surface area contributed by atoms with Crippen LogP contribution in [-0.2, 0) is 16.0 Å². The molecule has 0 aromatic heterocycles. The average Bonchev–Trinajstić information content (AvgIpc) is 3.54. The van der Waals surface area contributed by atoms with Gasteiger partial charge in [0.2, 0.25) is 5.91 Å². The lowest BCUT2D eigenvalue weighted by Crippen LogP contribution is -2.58. The van der Waals surface area contributed by atoms with Crippen LogP contribution in [0.5, 0.6) is 0 Å². The van der Waals surface area contributed by atoms with Crippen molar-refractivity contribution in [2.45, 2.75) is 123 Å². The fourth-order valence-electron chi connectivity index (χ4n) is 11.6. The van der Waals surface area contributed by atoms with Gasteiger partial charge in [0.25, 0.3) is 0 Å². The van der Waals surface area contributed by atoms with Crippen molar-refractivity contribution in [3.8, 4) is 0 Å². The lowest BCUT2D eigenvalue weighted by Gasteiger charge is -2.62. The number of ether oxygens (including phenoxy) is 1. The summed E-state index contributed by atoms with van der Waals surface area (Å²) in [5.41, 5.74) is 2.72. The quantitative estimate of drug-likeness (QED) is 0.323. The molecule has 1 aromatic rings. The number of halogens is 1. The molecule has 40 heavy (non-hydrogen) atoms. The fourth-order valence-corrected chi connectivity index (χ4v) is 11.6. The number of anilines is 1. The molecule has 0 saturated heterocycles. The van der Waals surface area contributed by atoms with Crippen LogP contribution in [0, 0.1) is 52.2 Å². The number of nitrogens with zero attached hydrogens (tertiary/aromatic N) is 1. The first-order valence-corrected chi connectivity index (χ1v) is 16.9. The molecule has 6 rings (SSSR count). The minimum absolute atomic E-state index is 0.205. The lowest BCUT2D eigenvalue weighted by molar-refractivity contribution is -0.171. The first-order chi connectivity index (χ1) is 19.3. The summed E-state index contributed by atoms with van der Waals surface area (Å²) in [5.74, 6) is 4.73. The molecule has 4 saturated carbocycles. The second kappa shape index (κ2) is 11.3. The van der Waals surface area contributed by atoms with Crippen molar-refractivity contribution in [3.63, 3.8) is 0 Å². The van der Waals surface area contributed by atoms with Crippen molar-refractivity contribution in [2.75, 3.05) is 18.6 Å². The maximum absolute atomic E-state index is 13.7. The zero-order valence-corrected chi connectivity index (χ0v) is 25.7. The number of hydrogen-bond donors (Lipinski definition) is 0. The van der Waals surface area contributed by atoms with E-state index in [0.29, 0.717) is 36.3 Å². The Bertz CT molecular complexity index is 1070. The average molecular weight is 552 g/mol. The van der Waals surface area contributed by atoms with E-state index in [2.05, 4.69) is 20.8 Å². The highest BCUT2D eigenvalue weighted by Crippen LogP contribution is 2.69. The van der Waals surface area contributed by atoms with E-state index in [1.165, 1.54) is 76.7 Å². The smallest absolute Gasteiger partial charge is 0.226 e. The van der Waals surface area contributed by atoms with Crippen LogP contribution in [0.25, 0.3) is 0 Å². The van der Waals surface area contributed by atoms with Crippen LogP contribution in [-0.4, -0.2) is 25.7 Å². The molecule has 1 amide bonds. The Labute approximate surface area is 243 Å². The van der Waals surface area contributed by atoms with Crippen molar-refractivity contribution in [2.24, 2.45) is 46.3 Å². The zero-order chi connectivity index (χ0) is 28.1. The summed E-state index contributed by atoms with van der Waals surface area (Å²) >= 11 is 0. The minimum Gasteiger partial charge on any atom is -0.381 e. The number of carbonyl (C=O) groups excluding carboxylic acids is 1. The Balaban J connectivity index is 1.19. The van der Waals surface area contributed by atoms with Crippen LogP contribution in [0.1, 0.15) is 116 Å². The van der Waals surface area contributed by atoms with E-state index in [9.17, 15) is 9.18 Å². The van der Waals surface area contributed by atoms with Crippen LogP contribution in [0.3, 0.4) is 0 Å². The molecule has 1 aromatic carbocycles. The largest absolute Gasteiger partial charge is 0.381 e. The van der Waals surface area contributed by atoms with Crippen molar-refractivity contribution in [1.82, 2.24) is 0 Å². The highest BCUT2D eigenvalue weighted by atomic mass is 19.1. The summed E-state index contributed by atoms with van der Waals surface area (Å²) in [6, 6.07) is 4.88. The van der Waals surface area contributed by atoms with Gasteiger partial charge in [-0.25, -0.2) is 4.39 Å². The molecule has 0 radical (unpaired) electrons. The Hall–Kier alpha value is -1.42. The minimum atomic E-state index is -0.205. The van der Waals surface area contributed by atoms with Crippen LogP contribution in [0.4, 0.5) is 10.1 Å². The molecule has 0 spiro atoms. The van der Waals surface area contributed by atoms with E-state index in [0.717, 1.165) is 54.2 Å². The fraction of sp³-hybridized carbons (Fsp3) is 0.806. The third-order valence-electron chi connectivity index (χ3n) is 13.5. The SMILES string of the molecule is CCC(C)C(OC)C12CCC3C(CCC4CCCCC43C)C1CCC2CCCC(=O)N1CCc2cc(F)ccc21. The molecule has 3 nitrogen and oxygen atoms in total. The monoisotopic (exact) mass is 551 g/mol. The molecule has 1 heterocycles. The lowest BCUT2D eigenvalue weighted by atomic mass is 9.43. The Morgan fingerprint density at radius 1 is 1.10 bits per heavy atom. The summed E-state index contributed by atoms with van der Waals surface area (Å²) in [7, 11) is 1.99. The number of fused-ring (bicyclic) bond motifs is 6. The normalized spacial score (nSPS) is 38.2. The summed E-state index contributed by atoms with van der Waals surface area (Å²) < 4.78 is 20.2. The Kier molecular flexibility index (Phi) is 8.14. The van der Waals surface area contributed by atoms with Crippen LogP contribution < -0.4 is 4.90 Å². The van der Waals surface area contributed by atoms with Gasteiger partial charge in [-0.05, 0) is 135 Å². The van der Waals surface area contributed by atoms with Gasteiger partial charge in [-0.1, -0.05) is 40.0 Å². The van der Waals surface area contributed by atoms with E-state index >= 15 is 0 Å². The van der Waals surface area contributed by atoms with Gasteiger partial charge in [0.05, 0.1) is 6.10 Å². The van der Waals surface area contributed by atoms with Crippen LogP contribution >= 0.6 is 0 Å². The van der Waals surface area contributed by atoms with E-state index < -0.39 is 0 Å². The predicted molar refractivity (Wildman–Crippen MR) is 161 cm³/mol. The molecule has 1 aliphatic heterocycles. The van der Waals surface area contributed by atoms with Gasteiger partial charge < -0.3 is 9.64 Å². The van der Waals surface area contributed by atoms with Crippen molar-refractivity contribution in [1.29, 1.82) is 0 Å². The number of methoxy groups -OCH3 is 1. The number of carbonyl (C=O) groups is 1. The van der Waals surface area contributed by atoms with Crippen molar-refractivity contribution in [3.05, 3.63) is 29.6 Å². The van der Waals surface area contributed by atoms with E-state index in [1.807, 2.05) is 12.0 Å². The number of amides is 1. The van der Waals surface area contributed by atoms with Gasteiger partial charge in [-0.2, -0.15) is 0 Å². The van der Waals surface area contributed by atoms with E-state index in [1.54, 1.807) is 12.1 Å². The first kappa shape index (κ1) is 28.7. The summed E-state index contributed by atoms with van der Waals surface area (Å²) in [5, 5.41) is 0. The molecule has 4 fully saturated rings. The van der Waals surface area contributed by atoms with Gasteiger partial charge in [-0.3, -0.25) is 4.79 Å². The van der Waals surface area contributed by atoms with Gasteiger partial charge in [-0.15, -0.1) is 0 Å². The predicted octanol–water partition coefficient (Wildman–Crippen LogP) is 8.98. The maximum Gasteiger partial charge on any atom is 0.226 e. The summed E-state index contributed by atoms with van der Waals surface area (Å²) in [4.78, 5) is 15.2. The highest BCUT2D eigenvalue weighted by molar-refractivity contribution is 5.95. The molecule has 0 bridgehead atoms. The van der Waals surface area contributed by atoms with Gasteiger partial charge in [0, 0.05) is 31.2 Å². The first-order valence-electron chi connectivity index (χ1n) is 16.9. The third-order valence-corrected chi connectivity index (χ3v) is 13.5. The van der Waals surface area contributed by atoms with Crippen molar-refractivity contribution >= 4 is 11.6 Å². The molecule has 222 valence electrons. The molecule has 4 heteroatoms. The number of rotatable bonds is 8. The summed E-state index contributed by atoms with van der Waals surface area (Å²) in [6.45, 7) is 8.14. The van der Waals surface area contributed by atoms with Crippen LogP contribution in [0.2, 0.25) is 0 Å². The molecule has 5 aliphatic rings. The standard InChI is InChI=1S/C36H54FNO2/c1-5-24(2)34(40-4)36-21-18-30-29(15-12-26-9-6-7-20-35(26,30)3)31(36)16-13-27(36)10-8-11-33(39)38-22-19-25-23-28(37)14-17-32(25)38/h14,17,23-24,26-27,29-31,34H,5-13,15-16,18-22H2,1-4H3. The van der Waals surface area contributed by atoms with Gasteiger partial charge in [0.1, 0.15) is 5.82 Å². The molecular formula is C36H54FNO2. The highest BCUT2D eigenvalue weighted by Gasteiger charge is 2.64. The maximum atomic E-state index is 13.7. The van der Waals surface area contributed by atoms with E-state index in [-0.39, 0.29) is 17.1 Å².